The highest BCUT2D eigenvalue weighted by Crippen LogP contribution is 2.66. The van der Waals surface area contributed by atoms with Crippen LogP contribution in [-0.2, 0) is 0 Å². The van der Waals surface area contributed by atoms with Crippen molar-refractivity contribution >= 4 is 0 Å². The Morgan fingerprint density at radius 2 is 0.559 bits per heavy atom. The van der Waals surface area contributed by atoms with Crippen LogP contribution >= 0.6 is 0 Å². The first kappa shape index (κ1) is 32.4. The lowest BCUT2D eigenvalue weighted by molar-refractivity contribution is -0.512. The van der Waals surface area contributed by atoms with Gasteiger partial charge in [-0.15, -0.1) is 4.48 Å². The van der Waals surface area contributed by atoms with Gasteiger partial charge < -0.3 is 0 Å². The van der Waals surface area contributed by atoms with E-state index in [9.17, 15) is 101 Å². The molecule has 0 aromatic rings. The molecule has 0 heterocycles. The normalized spacial score (nSPS) is 18.4. The third-order valence-electron chi connectivity index (χ3n) is 3.68. The average Bonchev–Trinajstić information content (AvgIpc) is 2.54. The molecule has 0 bridgehead atoms. The Morgan fingerprint density at radius 1 is 0.294 bits per heavy atom. The number of rotatable bonds is 6. The van der Waals surface area contributed by atoms with E-state index in [2.05, 4.69) is 0 Å². The zero-order valence-corrected chi connectivity index (χ0v) is 14.1. The molecule has 0 N–H and O–H groups in total. The number of alkyl halides is 22. The molecular weight excluding hydrogens is 571 g/mol. The third kappa shape index (κ3) is 3.86. The van der Waals surface area contributed by atoms with E-state index in [0.29, 0.717) is 0 Å². The second kappa shape index (κ2) is 7.67. The van der Waals surface area contributed by atoms with Gasteiger partial charge in [-0.25, -0.2) is 8.78 Å². The lowest BCUT2D eigenvalue weighted by Crippen LogP contribution is -2.81. The van der Waals surface area contributed by atoms with Crippen molar-refractivity contribution in [1.82, 2.24) is 5.12 Å². The summed E-state index contributed by atoms with van der Waals surface area (Å²) in [7, 11) is 0. The van der Waals surface area contributed by atoms with Gasteiger partial charge in [-0.05, 0) is 5.12 Å². The molecule has 0 aliphatic heterocycles. The van der Waals surface area contributed by atoms with Crippen LogP contribution in [0.3, 0.4) is 0 Å². The predicted octanol–water partition coefficient (Wildman–Crippen LogP) is 7.29. The smallest absolute Gasteiger partial charge is 0.218 e. The van der Waals surface area contributed by atoms with Crippen LogP contribution in [0.4, 0.5) is 101 Å². The van der Waals surface area contributed by atoms with E-state index in [1.807, 2.05) is 0 Å². The van der Waals surface area contributed by atoms with Crippen molar-refractivity contribution in [3.63, 3.8) is 0 Å². The van der Waals surface area contributed by atoms with E-state index in [1.54, 1.807) is 0 Å². The fraction of sp³-hybridized carbons (Fsp3) is 1.00. The first-order valence-corrected chi connectivity index (χ1v) is 6.77. The number of nitrogens with zero attached hydrogens (tertiary/aromatic N) is 1. The van der Waals surface area contributed by atoms with Crippen LogP contribution in [0, 0.1) is 0 Å². The molecule has 0 aromatic heterocycles. The number of halogens is 23. The predicted molar refractivity (Wildman–Crippen MR) is 54.6 cm³/mol. The molecular formula is C10F23N. The van der Waals surface area contributed by atoms with Gasteiger partial charge in [0.05, 0.1) is 0 Å². The van der Waals surface area contributed by atoms with Crippen LogP contribution in [0.25, 0.3) is 0 Å². The summed E-state index contributed by atoms with van der Waals surface area (Å²) in [5, 5.41) is -5.36. The van der Waals surface area contributed by atoms with E-state index in [4.69, 9.17) is 0 Å². The largest absolute Gasteiger partial charge is 0.461 e. The van der Waals surface area contributed by atoms with Crippen molar-refractivity contribution in [1.29, 1.82) is 0 Å². The van der Waals surface area contributed by atoms with E-state index in [-0.39, 0.29) is 0 Å². The number of hydrogen-bond acceptors (Lipinski definition) is 1. The van der Waals surface area contributed by atoms with Gasteiger partial charge in [0.2, 0.25) is 0 Å². The molecule has 0 saturated carbocycles. The second-order valence-electron chi connectivity index (χ2n) is 5.82. The molecule has 1 atom stereocenters. The summed E-state index contributed by atoms with van der Waals surface area (Å²) in [6.07, 6.45) is -34.2. The van der Waals surface area contributed by atoms with E-state index in [1.165, 1.54) is 0 Å². The SMILES string of the molecule is FN(C(F)(F)C(F)(F)C(F)(F)F)C(F)(F)C(F)(C(F)(F)F)C(F)(F)C(F)(C(F)(F)F)C(F)(F)F. The van der Waals surface area contributed by atoms with Crippen molar-refractivity contribution in [2.75, 3.05) is 0 Å². The third-order valence-corrected chi connectivity index (χ3v) is 3.68. The Kier molecular flexibility index (Phi) is 7.30. The van der Waals surface area contributed by atoms with Gasteiger partial charge in [0.1, 0.15) is 0 Å². The van der Waals surface area contributed by atoms with Crippen LogP contribution in [0.5, 0.6) is 0 Å². The number of hydrogen-bond donors (Lipinski definition) is 0. The molecule has 0 fully saturated rings. The summed E-state index contributed by atoms with van der Waals surface area (Å²) in [5.74, 6) is -18.0. The Bertz CT molecular complexity index is 719. The van der Waals surface area contributed by atoms with Crippen molar-refractivity contribution in [2.45, 2.75) is 60.0 Å². The summed E-state index contributed by atoms with van der Waals surface area (Å²) in [6, 6.07) is -17.9. The Balaban J connectivity index is 7.57. The van der Waals surface area contributed by atoms with Crippen LogP contribution < -0.4 is 0 Å². The zero-order chi connectivity index (χ0) is 28.6. The molecule has 0 spiro atoms. The summed E-state index contributed by atoms with van der Waals surface area (Å²) in [5.41, 5.74) is -18.7. The van der Waals surface area contributed by atoms with Gasteiger partial charge >= 0.3 is 60.0 Å². The lowest BCUT2D eigenvalue weighted by atomic mass is 9.80. The fourth-order valence-corrected chi connectivity index (χ4v) is 1.90. The molecule has 0 aliphatic rings. The topological polar surface area (TPSA) is 3.24 Å². The van der Waals surface area contributed by atoms with Gasteiger partial charge in [0.15, 0.2) is 0 Å². The molecule has 0 rings (SSSR count). The zero-order valence-electron chi connectivity index (χ0n) is 14.1. The first-order valence-electron chi connectivity index (χ1n) is 6.77. The quantitative estimate of drug-likeness (QED) is 0.184. The minimum Gasteiger partial charge on any atom is -0.218 e. The Hall–Kier alpha value is -1.65. The molecule has 0 aliphatic carbocycles. The molecule has 34 heavy (non-hydrogen) atoms. The molecule has 0 radical (unpaired) electrons. The van der Waals surface area contributed by atoms with Crippen LogP contribution in [-0.4, -0.2) is 65.1 Å². The van der Waals surface area contributed by atoms with E-state index >= 15 is 0 Å². The molecule has 206 valence electrons. The maximum atomic E-state index is 13.9. The van der Waals surface area contributed by atoms with Gasteiger partial charge in [0, 0.05) is 0 Å². The highest BCUT2D eigenvalue weighted by molar-refractivity contribution is 5.20. The van der Waals surface area contributed by atoms with Gasteiger partial charge in [-0.1, -0.05) is 0 Å². The maximum absolute atomic E-state index is 13.9. The Morgan fingerprint density at radius 3 is 0.765 bits per heavy atom. The van der Waals surface area contributed by atoms with Crippen molar-refractivity contribution in [3.05, 3.63) is 0 Å². The summed E-state index contributed by atoms with van der Waals surface area (Å²) in [6.45, 7) is 0. The highest BCUT2D eigenvalue weighted by atomic mass is 19.4. The highest BCUT2D eigenvalue weighted by Gasteiger charge is 2.99. The summed E-state index contributed by atoms with van der Waals surface area (Å²) >= 11 is 0. The second-order valence-corrected chi connectivity index (χ2v) is 5.82. The van der Waals surface area contributed by atoms with Crippen LogP contribution in [0.2, 0.25) is 0 Å². The molecule has 24 heteroatoms. The summed E-state index contributed by atoms with van der Waals surface area (Å²) < 4.78 is 293. The average molecular weight is 571 g/mol. The molecule has 0 amide bonds. The minimum atomic E-state index is -9.56. The molecule has 0 aromatic carbocycles. The standard InChI is InChI=1S/C10F23N/c11-1(5(17,18)19,6(20,21)22)3(13,14)2(12,7(23,24)25)9(29,30)34(33)10(31,32)4(15,16)8(26,27)28. The van der Waals surface area contributed by atoms with E-state index < -0.39 is 65.1 Å². The van der Waals surface area contributed by atoms with Gasteiger partial charge in [-0.3, -0.25) is 0 Å². The van der Waals surface area contributed by atoms with Crippen molar-refractivity contribution in [3.8, 4) is 0 Å². The molecule has 0 saturated heterocycles. The molecule has 1 unspecified atom stereocenters. The van der Waals surface area contributed by atoms with Gasteiger partial charge in [0.25, 0.3) is 0 Å². The Labute approximate surface area is 168 Å². The summed E-state index contributed by atoms with van der Waals surface area (Å²) in [4.78, 5) is 0. The van der Waals surface area contributed by atoms with Gasteiger partial charge in [-0.2, -0.15) is 87.8 Å². The first-order chi connectivity index (χ1) is 14.2. The van der Waals surface area contributed by atoms with Crippen molar-refractivity contribution < 1.29 is 101 Å². The minimum absolute atomic E-state index is 5.36. The van der Waals surface area contributed by atoms with Crippen LogP contribution in [0.1, 0.15) is 0 Å². The fourth-order valence-electron chi connectivity index (χ4n) is 1.90. The molecule has 1 nitrogen and oxygen atoms in total. The lowest BCUT2D eigenvalue weighted by Gasteiger charge is -2.47. The van der Waals surface area contributed by atoms with E-state index in [0.717, 1.165) is 0 Å². The van der Waals surface area contributed by atoms with Crippen LogP contribution in [0.15, 0.2) is 0 Å². The monoisotopic (exact) mass is 571 g/mol. The van der Waals surface area contributed by atoms with Crippen molar-refractivity contribution in [2.24, 2.45) is 0 Å². The maximum Gasteiger partial charge on any atom is 0.461 e.